The van der Waals surface area contributed by atoms with E-state index in [1.165, 1.54) is 19.3 Å². The minimum atomic E-state index is 0.634. The van der Waals surface area contributed by atoms with Gasteiger partial charge in [0, 0.05) is 25.4 Å². The average Bonchev–Trinajstić information content (AvgIpc) is 2.83. The van der Waals surface area contributed by atoms with Crippen LogP contribution in [0.5, 0.6) is 0 Å². The maximum absolute atomic E-state index is 5.63. The number of piperidine rings is 1. The molecule has 3 heteroatoms. The molecule has 2 fully saturated rings. The largest absolute Gasteiger partial charge is 0.446 e. The first-order valence-corrected chi connectivity index (χ1v) is 5.91. The van der Waals surface area contributed by atoms with E-state index in [1.807, 2.05) is 13.8 Å². The van der Waals surface area contributed by atoms with Gasteiger partial charge in [-0.2, -0.15) is 0 Å². The highest BCUT2D eigenvalue weighted by Crippen LogP contribution is 2.36. The second-order valence-corrected chi connectivity index (χ2v) is 4.99. The van der Waals surface area contributed by atoms with Crippen molar-refractivity contribution in [1.82, 2.24) is 10.3 Å². The van der Waals surface area contributed by atoms with E-state index >= 15 is 0 Å². The molecular weight excluding hydrogens is 188 g/mol. The number of oxazole rings is 1. The summed E-state index contributed by atoms with van der Waals surface area (Å²) in [7, 11) is 0. The molecule has 82 valence electrons. The van der Waals surface area contributed by atoms with Crippen molar-refractivity contribution in [3.63, 3.8) is 0 Å². The van der Waals surface area contributed by atoms with Gasteiger partial charge >= 0.3 is 0 Å². The molecular formula is C12H18N2O. The Balaban J connectivity index is 1.73. The van der Waals surface area contributed by atoms with E-state index in [4.69, 9.17) is 4.42 Å². The summed E-state index contributed by atoms with van der Waals surface area (Å²) in [5.74, 6) is 2.75. The van der Waals surface area contributed by atoms with E-state index < -0.39 is 0 Å². The number of hydrogen-bond donors (Lipinski definition) is 1. The average molecular weight is 206 g/mol. The lowest BCUT2D eigenvalue weighted by atomic mass is 9.96. The SMILES string of the molecule is Cc1nc(C)c(CC2NC3CCC2C3)o1. The minimum absolute atomic E-state index is 0.634. The molecule has 1 N–H and O–H groups in total. The smallest absolute Gasteiger partial charge is 0.191 e. The number of nitrogens with zero attached hydrogens (tertiary/aromatic N) is 1. The number of nitrogens with one attached hydrogen (secondary N) is 1. The van der Waals surface area contributed by atoms with Gasteiger partial charge in [0.1, 0.15) is 5.76 Å². The molecule has 1 aliphatic heterocycles. The monoisotopic (exact) mass is 206 g/mol. The van der Waals surface area contributed by atoms with Crippen LogP contribution in [-0.4, -0.2) is 17.1 Å². The van der Waals surface area contributed by atoms with E-state index in [0.717, 1.165) is 35.7 Å². The fraction of sp³-hybridized carbons (Fsp3) is 0.750. The van der Waals surface area contributed by atoms with Crippen molar-refractivity contribution in [1.29, 1.82) is 0 Å². The molecule has 3 atom stereocenters. The van der Waals surface area contributed by atoms with E-state index in [2.05, 4.69) is 10.3 Å². The Labute approximate surface area is 90.3 Å². The fourth-order valence-electron chi connectivity index (χ4n) is 3.16. The topological polar surface area (TPSA) is 38.1 Å². The second kappa shape index (κ2) is 3.34. The van der Waals surface area contributed by atoms with Crippen molar-refractivity contribution in [2.24, 2.45) is 5.92 Å². The van der Waals surface area contributed by atoms with Gasteiger partial charge < -0.3 is 9.73 Å². The Kier molecular flexibility index (Phi) is 2.09. The number of aryl methyl sites for hydroxylation is 2. The van der Waals surface area contributed by atoms with Crippen molar-refractivity contribution < 1.29 is 4.42 Å². The third-order valence-electron chi connectivity index (χ3n) is 3.90. The van der Waals surface area contributed by atoms with Gasteiger partial charge in [-0.25, -0.2) is 4.98 Å². The van der Waals surface area contributed by atoms with Gasteiger partial charge in [0.25, 0.3) is 0 Å². The van der Waals surface area contributed by atoms with Crippen LogP contribution in [0.2, 0.25) is 0 Å². The van der Waals surface area contributed by atoms with Crippen molar-refractivity contribution in [2.75, 3.05) is 0 Å². The van der Waals surface area contributed by atoms with Crippen LogP contribution in [-0.2, 0) is 6.42 Å². The molecule has 15 heavy (non-hydrogen) atoms. The lowest BCUT2D eigenvalue weighted by Crippen LogP contribution is -2.37. The first-order chi connectivity index (χ1) is 7.22. The fourth-order valence-corrected chi connectivity index (χ4v) is 3.16. The molecule has 1 aliphatic carbocycles. The van der Waals surface area contributed by atoms with E-state index in [9.17, 15) is 0 Å². The maximum atomic E-state index is 5.63. The van der Waals surface area contributed by atoms with E-state index in [-0.39, 0.29) is 0 Å². The molecule has 3 rings (SSSR count). The Bertz CT molecular complexity index is 372. The first-order valence-electron chi connectivity index (χ1n) is 5.91. The number of hydrogen-bond acceptors (Lipinski definition) is 3. The lowest BCUT2D eigenvalue weighted by Gasteiger charge is -2.22. The maximum Gasteiger partial charge on any atom is 0.191 e. The summed E-state index contributed by atoms with van der Waals surface area (Å²) in [4.78, 5) is 4.32. The van der Waals surface area contributed by atoms with Crippen LogP contribution in [0, 0.1) is 19.8 Å². The van der Waals surface area contributed by atoms with Gasteiger partial charge in [-0.15, -0.1) is 0 Å². The second-order valence-electron chi connectivity index (χ2n) is 4.99. The minimum Gasteiger partial charge on any atom is -0.446 e. The van der Waals surface area contributed by atoms with Crippen LogP contribution < -0.4 is 5.32 Å². The normalized spacial score (nSPS) is 33.9. The highest BCUT2D eigenvalue weighted by atomic mass is 16.4. The molecule has 2 aliphatic rings. The summed E-state index contributed by atoms with van der Waals surface area (Å²) in [5.41, 5.74) is 1.07. The molecule has 0 radical (unpaired) electrons. The zero-order valence-electron chi connectivity index (χ0n) is 9.42. The summed E-state index contributed by atoms with van der Waals surface area (Å²) in [6.07, 6.45) is 5.16. The van der Waals surface area contributed by atoms with Crippen LogP contribution in [0.15, 0.2) is 4.42 Å². The molecule has 1 saturated heterocycles. The van der Waals surface area contributed by atoms with Gasteiger partial charge in [-0.1, -0.05) is 0 Å². The molecule has 0 aromatic carbocycles. The highest BCUT2D eigenvalue weighted by Gasteiger charge is 2.39. The molecule has 0 spiro atoms. The number of rotatable bonds is 2. The van der Waals surface area contributed by atoms with Crippen LogP contribution in [0.3, 0.4) is 0 Å². The van der Waals surface area contributed by atoms with Crippen LogP contribution in [0.4, 0.5) is 0 Å². The van der Waals surface area contributed by atoms with E-state index in [1.54, 1.807) is 0 Å². The predicted molar refractivity (Wildman–Crippen MR) is 57.7 cm³/mol. The zero-order chi connectivity index (χ0) is 10.4. The molecule has 1 aromatic rings. The predicted octanol–water partition coefficient (Wildman–Crippen LogP) is 1.97. The molecule has 1 aromatic heterocycles. The van der Waals surface area contributed by atoms with Crippen molar-refractivity contribution in [3.05, 3.63) is 17.3 Å². The summed E-state index contributed by atoms with van der Waals surface area (Å²) in [6.45, 7) is 3.96. The molecule has 2 heterocycles. The number of aromatic nitrogens is 1. The quantitative estimate of drug-likeness (QED) is 0.804. The van der Waals surface area contributed by atoms with Crippen molar-refractivity contribution in [2.45, 2.75) is 51.6 Å². The molecule has 3 nitrogen and oxygen atoms in total. The molecule has 1 saturated carbocycles. The summed E-state index contributed by atoms with van der Waals surface area (Å²) < 4.78 is 5.63. The molecule has 3 unspecified atom stereocenters. The van der Waals surface area contributed by atoms with Gasteiger partial charge in [0.15, 0.2) is 5.89 Å². The Morgan fingerprint density at radius 2 is 2.27 bits per heavy atom. The van der Waals surface area contributed by atoms with Gasteiger partial charge in [-0.3, -0.25) is 0 Å². The summed E-state index contributed by atoms with van der Waals surface area (Å²) in [5, 5.41) is 3.69. The first kappa shape index (κ1) is 9.40. The Morgan fingerprint density at radius 3 is 2.80 bits per heavy atom. The zero-order valence-corrected chi connectivity index (χ0v) is 9.42. The Hall–Kier alpha value is -0.830. The highest BCUT2D eigenvalue weighted by molar-refractivity contribution is 5.11. The Morgan fingerprint density at radius 1 is 1.40 bits per heavy atom. The van der Waals surface area contributed by atoms with Gasteiger partial charge in [-0.05, 0) is 32.1 Å². The lowest BCUT2D eigenvalue weighted by molar-refractivity contribution is 0.351. The van der Waals surface area contributed by atoms with Gasteiger partial charge in [0.05, 0.1) is 5.69 Å². The molecule has 2 bridgehead atoms. The van der Waals surface area contributed by atoms with Crippen molar-refractivity contribution >= 4 is 0 Å². The van der Waals surface area contributed by atoms with Crippen molar-refractivity contribution in [3.8, 4) is 0 Å². The van der Waals surface area contributed by atoms with E-state index in [0.29, 0.717) is 6.04 Å². The van der Waals surface area contributed by atoms with Crippen LogP contribution >= 0.6 is 0 Å². The summed E-state index contributed by atoms with van der Waals surface area (Å²) in [6, 6.07) is 1.42. The van der Waals surface area contributed by atoms with Gasteiger partial charge in [0.2, 0.25) is 0 Å². The summed E-state index contributed by atoms with van der Waals surface area (Å²) >= 11 is 0. The third kappa shape index (κ3) is 1.59. The number of fused-ring (bicyclic) bond motifs is 2. The standard InChI is InChI=1S/C12H18N2O/c1-7-12(15-8(2)13-7)6-11-9-3-4-10(5-9)14-11/h9-11,14H,3-6H2,1-2H3. The van der Waals surface area contributed by atoms with Crippen LogP contribution in [0.1, 0.15) is 36.6 Å². The third-order valence-corrected chi connectivity index (χ3v) is 3.90. The molecule has 0 amide bonds. The van der Waals surface area contributed by atoms with Crippen LogP contribution in [0.25, 0.3) is 0 Å².